The Balaban J connectivity index is 1.85. The second-order valence-corrected chi connectivity index (χ2v) is 6.73. The number of halogens is 2. The summed E-state index contributed by atoms with van der Waals surface area (Å²) >= 11 is 1.99. The van der Waals surface area contributed by atoms with Crippen LogP contribution in [0.2, 0.25) is 0 Å². The van der Waals surface area contributed by atoms with Gasteiger partial charge in [0.05, 0.1) is 24.3 Å². The van der Waals surface area contributed by atoms with Gasteiger partial charge in [-0.3, -0.25) is 9.82 Å². The van der Waals surface area contributed by atoms with Crippen LogP contribution in [-0.4, -0.2) is 40.6 Å². The maximum absolute atomic E-state index is 14.2. The van der Waals surface area contributed by atoms with Crippen LogP contribution in [0.5, 0.6) is 5.95 Å². The third kappa shape index (κ3) is 4.67. The molecule has 0 aliphatic rings. The summed E-state index contributed by atoms with van der Waals surface area (Å²) in [5, 5.41) is 21.2. The molecule has 0 saturated heterocycles. The standard InChI is InChI=1S/C17H15FIN3O6/c18-12-5-9(19)1-2-13(12)21-15-11-6-20-4-3-14(11)26-16(15)27-17(25)22-28-10(7-23)8-24/h1-6,10,21,23-24H,7-8H2,(H,22,25). The number of carbonyl (C=O) groups is 1. The first-order valence-electron chi connectivity index (χ1n) is 7.95. The van der Waals surface area contributed by atoms with E-state index in [4.69, 9.17) is 24.2 Å². The Bertz CT molecular complexity index is 979. The monoisotopic (exact) mass is 503 g/mol. The van der Waals surface area contributed by atoms with Gasteiger partial charge in [0.15, 0.2) is 0 Å². The number of carbonyl (C=O) groups excluding carboxylic acids is 1. The number of aliphatic hydroxyl groups is 2. The molecule has 0 radical (unpaired) electrons. The van der Waals surface area contributed by atoms with Crippen LogP contribution in [-0.2, 0) is 4.84 Å². The molecule has 28 heavy (non-hydrogen) atoms. The van der Waals surface area contributed by atoms with Crippen molar-refractivity contribution < 1.29 is 33.4 Å². The number of hydroxylamine groups is 1. The molecule has 0 unspecified atom stereocenters. The van der Waals surface area contributed by atoms with E-state index in [0.29, 0.717) is 11.0 Å². The lowest BCUT2D eigenvalue weighted by Crippen LogP contribution is -2.35. The van der Waals surface area contributed by atoms with E-state index in [1.165, 1.54) is 24.5 Å². The first-order chi connectivity index (χ1) is 13.5. The number of aromatic nitrogens is 1. The number of hydrogen-bond donors (Lipinski definition) is 4. The molecule has 1 amide bonds. The Morgan fingerprint density at radius 1 is 1.32 bits per heavy atom. The van der Waals surface area contributed by atoms with Crippen LogP contribution in [0.1, 0.15) is 0 Å². The molecule has 148 valence electrons. The van der Waals surface area contributed by atoms with Gasteiger partial charge >= 0.3 is 12.0 Å². The highest BCUT2D eigenvalue weighted by molar-refractivity contribution is 14.1. The average Bonchev–Trinajstić information content (AvgIpc) is 3.02. The maximum Gasteiger partial charge on any atom is 0.439 e. The highest BCUT2D eigenvalue weighted by Crippen LogP contribution is 2.39. The molecule has 11 heteroatoms. The van der Waals surface area contributed by atoms with E-state index in [-0.39, 0.29) is 17.3 Å². The molecule has 0 aliphatic heterocycles. The van der Waals surface area contributed by atoms with Crippen molar-refractivity contribution in [2.24, 2.45) is 0 Å². The van der Waals surface area contributed by atoms with Gasteiger partial charge in [-0.2, -0.15) is 5.48 Å². The van der Waals surface area contributed by atoms with Crippen LogP contribution in [0.15, 0.2) is 41.1 Å². The zero-order chi connectivity index (χ0) is 20.1. The molecular formula is C17H15FIN3O6. The number of aliphatic hydroxyl groups excluding tert-OH is 2. The van der Waals surface area contributed by atoms with E-state index in [1.807, 2.05) is 28.1 Å². The number of ether oxygens (including phenoxy) is 1. The summed E-state index contributed by atoms with van der Waals surface area (Å²) in [7, 11) is 0. The van der Waals surface area contributed by atoms with E-state index in [2.05, 4.69) is 10.3 Å². The van der Waals surface area contributed by atoms with Gasteiger partial charge in [-0.15, -0.1) is 0 Å². The summed E-state index contributed by atoms with van der Waals surface area (Å²) in [6.45, 7) is -1.02. The Morgan fingerprint density at radius 3 is 2.82 bits per heavy atom. The van der Waals surface area contributed by atoms with Gasteiger partial charge in [-0.25, -0.2) is 9.18 Å². The number of pyridine rings is 1. The molecule has 0 atom stereocenters. The quantitative estimate of drug-likeness (QED) is 0.287. The predicted molar refractivity (Wildman–Crippen MR) is 105 cm³/mol. The lowest BCUT2D eigenvalue weighted by Gasteiger charge is -2.12. The Labute approximate surface area is 171 Å². The lowest BCUT2D eigenvalue weighted by molar-refractivity contribution is -0.0634. The number of amides is 1. The van der Waals surface area contributed by atoms with Crippen LogP contribution in [0.25, 0.3) is 11.0 Å². The molecule has 9 nitrogen and oxygen atoms in total. The van der Waals surface area contributed by atoms with E-state index in [1.54, 1.807) is 12.1 Å². The second-order valence-electron chi connectivity index (χ2n) is 5.48. The summed E-state index contributed by atoms with van der Waals surface area (Å²) in [4.78, 5) is 20.7. The minimum Gasteiger partial charge on any atom is -0.424 e. The van der Waals surface area contributed by atoms with Crippen molar-refractivity contribution in [3.8, 4) is 5.95 Å². The maximum atomic E-state index is 14.2. The highest BCUT2D eigenvalue weighted by Gasteiger charge is 2.21. The Kier molecular flexibility index (Phi) is 6.61. The van der Waals surface area contributed by atoms with Gasteiger partial charge in [0.25, 0.3) is 0 Å². The molecule has 0 saturated carbocycles. The van der Waals surface area contributed by atoms with Gasteiger partial charge in [0, 0.05) is 16.0 Å². The van der Waals surface area contributed by atoms with E-state index < -0.39 is 31.2 Å². The third-order valence-electron chi connectivity index (χ3n) is 3.55. The number of anilines is 2. The predicted octanol–water partition coefficient (Wildman–Crippen LogP) is 2.69. The molecule has 0 fully saturated rings. The van der Waals surface area contributed by atoms with Crippen LogP contribution in [0, 0.1) is 9.39 Å². The van der Waals surface area contributed by atoms with Gasteiger partial charge in [0.1, 0.15) is 23.2 Å². The summed E-state index contributed by atoms with van der Waals surface area (Å²) in [5.41, 5.74) is 2.63. The SMILES string of the molecule is O=C(NOC(CO)CO)Oc1oc2ccncc2c1Nc1ccc(I)cc1F. The largest absolute Gasteiger partial charge is 0.439 e. The normalized spacial score (nSPS) is 11.0. The lowest BCUT2D eigenvalue weighted by atomic mass is 10.2. The molecule has 1 aromatic carbocycles. The van der Waals surface area contributed by atoms with Gasteiger partial charge in [-0.1, -0.05) is 0 Å². The van der Waals surface area contributed by atoms with Crippen molar-refractivity contribution in [1.82, 2.24) is 10.5 Å². The summed E-state index contributed by atoms with van der Waals surface area (Å²) < 4.78 is 25.5. The summed E-state index contributed by atoms with van der Waals surface area (Å²) in [6, 6.07) is 6.14. The first-order valence-corrected chi connectivity index (χ1v) is 9.03. The van der Waals surface area contributed by atoms with Crippen molar-refractivity contribution in [2.45, 2.75) is 6.10 Å². The van der Waals surface area contributed by atoms with E-state index in [0.717, 1.165) is 3.57 Å². The zero-order valence-electron chi connectivity index (χ0n) is 14.2. The van der Waals surface area contributed by atoms with Crippen LogP contribution in [0.4, 0.5) is 20.6 Å². The number of hydrogen-bond acceptors (Lipinski definition) is 8. The Morgan fingerprint density at radius 2 is 2.11 bits per heavy atom. The van der Waals surface area contributed by atoms with Crippen molar-refractivity contribution in [2.75, 3.05) is 18.5 Å². The van der Waals surface area contributed by atoms with Crippen LogP contribution in [0.3, 0.4) is 0 Å². The molecule has 3 rings (SSSR count). The average molecular weight is 503 g/mol. The molecular weight excluding hydrogens is 488 g/mol. The number of nitrogens with one attached hydrogen (secondary N) is 2. The molecule has 0 spiro atoms. The first kappa shape index (κ1) is 20.3. The van der Waals surface area contributed by atoms with Crippen LogP contribution >= 0.6 is 22.6 Å². The van der Waals surface area contributed by atoms with Crippen molar-refractivity contribution in [1.29, 1.82) is 0 Å². The van der Waals surface area contributed by atoms with Gasteiger partial charge in [0.2, 0.25) is 0 Å². The fraction of sp³-hybridized carbons (Fsp3) is 0.176. The fourth-order valence-electron chi connectivity index (χ4n) is 2.20. The van der Waals surface area contributed by atoms with E-state index in [9.17, 15) is 9.18 Å². The number of furan rings is 1. The van der Waals surface area contributed by atoms with Gasteiger partial charge < -0.3 is 24.7 Å². The van der Waals surface area contributed by atoms with Gasteiger partial charge in [-0.05, 0) is 46.9 Å². The van der Waals surface area contributed by atoms with E-state index >= 15 is 0 Å². The molecule has 4 N–H and O–H groups in total. The summed E-state index contributed by atoms with van der Waals surface area (Å²) in [6.07, 6.45) is 0.887. The molecule has 0 bridgehead atoms. The smallest absolute Gasteiger partial charge is 0.424 e. The second kappa shape index (κ2) is 9.14. The number of fused-ring (bicyclic) bond motifs is 1. The minimum atomic E-state index is -1.06. The molecule has 3 aromatic rings. The van der Waals surface area contributed by atoms with Crippen molar-refractivity contribution in [3.05, 3.63) is 46.0 Å². The Hall–Kier alpha value is -2.48. The fourth-order valence-corrected chi connectivity index (χ4v) is 2.66. The number of rotatable bonds is 7. The topological polar surface area (TPSA) is 126 Å². The number of nitrogens with zero attached hydrogens (tertiary/aromatic N) is 1. The zero-order valence-corrected chi connectivity index (χ0v) is 16.3. The molecule has 2 heterocycles. The minimum absolute atomic E-state index is 0.147. The highest BCUT2D eigenvalue weighted by atomic mass is 127. The number of benzene rings is 1. The van der Waals surface area contributed by atoms with Crippen molar-refractivity contribution in [3.63, 3.8) is 0 Å². The van der Waals surface area contributed by atoms with Crippen molar-refractivity contribution >= 4 is 51.0 Å². The summed E-state index contributed by atoms with van der Waals surface area (Å²) in [5.74, 6) is -0.746. The van der Waals surface area contributed by atoms with Crippen LogP contribution < -0.4 is 15.5 Å². The molecule has 2 aromatic heterocycles. The molecule has 0 aliphatic carbocycles. The third-order valence-corrected chi connectivity index (χ3v) is 4.22.